The smallest absolute Gasteiger partial charge is 0.302 e. The fourth-order valence-corrected chi connectivity index (χ4v) is 4.02. The number of aromatic nitrogens is 2. The number of rotatable bonds is 4. The number of carbonyl (C=O) groups excluding carboxylic acids is 2. The highest BCUT2D eigenvalue weighted by Crippen LogP contribution is 2.42. The van der Waals surface area contributed by atoms with E-state index >= 15 is 0 Å². The molecule has 0 aliphatic carbocycles. The first-order valence-corrected chi connectivity index (χ1v) is 10.2. The monoisotopic (exact) mass is 441 g/mol. The summed E-state index contributed by atoms with van der Waals surface area (Å²) in [5, 5.41) is 21.2. The number of aromatic amines is 1. The van der Waals surface area contributed by atoms with Crippen molar-refractivity contribution in [1.82, 2.24) is 9.97 Å². The molecule has 8 heteroatoms. The lowest BCUT2D eigenvalue weighted by Crippen LogP contribution is -2.30. The Balaban J connectivity index is 1.72. The number of nitrogens with zero attached hydrogens (tertiary/aromatic N) is 2. The third-order valence-corrected chi connectivity index (χ3v) is 5.60. The molecule has 1 unspecified atom stereocenters. The van der Waals surface area contributed by atoms with Gasteiger partial charge in [0.15, 0.2) is 0 Å². The van der Waals surface area contributed by atoms with Gasteiger partial charge in [0.25, 0.3) is 5.78 Å². The molecule has 0 bridgehead atoms. The minimum absolute atomic E-state index is 0.0351. The lowest BCUT2D eigenvalue weighted by molar-refractivity contribution is -0.132. The summed E-state index contributed by atoms with van der Waals surface area (Å²) in [7, 11) is 1.52. The Labute approximate surface area is 188 Å². The highest BCUT2D eigenvalue weighted by Gasteiger charge is 2.48. The van der Waals surface area contributed by atoms with Gasteiger partial charge in [-0.2, -0.15) is 0 Å². The number of anilines is 1. The predicted octanol–water partition coefficient (Wildman–Crippen LogP) is 3.90. The molecule has 2 heterocycles. The summed E-state index contributed by atoms with van der Waals surface area (Å²) in [5.41, 5.74) is 2.02. The van der Waals surface area contributed by atoms with Gasteiger partial charge in [-0.25, -0.2) is 4.98 Å². The minimum Gasteiger partial charge on any atom is -0.508 e. The highest BCUT2D eigenvalue weighted by atomic mass is 16.5. The molecule has 0 spiro atoms. The number of phenolic OH excluding ortho intramolecular Hbond substituents is 1. The summed E-state index contributed by atoms with van der Waals surface area (Å²) in [6.45, 7) is 0. The predicted molar refractivity (Wildman–Crippen MR) is 122 cm³/mol. The zero-order valence-electron chi connectivity index (χ0n) is 17.5. The third-order valence-electron chi connectivity index (χ3n) is 5.60. The van der Waals surface area contributed by atoms with E-state index in [9.17, 15) is 19.8 Å². The molecular formula is C25H19N3O5. The number of amides is 1. The molecule has 0 saturated carbocycles. The Morgan fingerprint density at radius 2 is 1.79 bits per heavy atom. The van der Waals surface area contributed by atoms with Crippen LogP contribution in [-0.4, -0.2) is 39.0 Å². The van der Waals surface area contributed by atoms with Crippen LogP contribution in [0, 0.1) is 0 Å². The van der Waals surface area contributed by atoms with Crippen molar-refractivity contribution in [1.29, 1.82) is 0 Å². The maximum absolute atomic E-state index is 13.2. The number of hydrogen-bond donors (Lipinski definition) is 3. The largest absolute Gasteiger partial charge is 0.508 e. The molecule has 3 aromatic carbocycles. The molecule has 5 rings (SSSR count). The third kappa shape index (κ3) is 3.38. The molecule has 0 radical (unpaired) electrons. The fraction of sp³-hybridized carbons (Fsp3) is 0.0800. The molecule has 4 aromatic rings. The number of benzene rings is 3. The average molecular weight is 441 g/mol. The molecule has 1 fully saturated rings. The Kier molecular flexibility index (Phi) is 4.82. The quantitative estimate of drug-likeness (QED) is 0.251. The molecule has 1 aliphatic rings. The number of Topliss-reactive ketones (excluding diaryl/α,β-unsaturated/α-hetero) is 1. The number of ether oxygens (including phenoxy) is 1. The summed E-state index contributed by atoms with van der Waals surface area (Å²) in [5.74, 6) is -1.30. The van der Waals surface area contributed by atoms with Crippen LogP contribution in [0.2, 0.25) is 0 Å². The lowest BCUT2D eigenvalue weighted by Gasteiger charge is -2.23. The van der Waals surface area contributed by atoms with Gasteiger partial charge in [0.2, 0.25) is 5.95 Å². The van der Waals surface area contributed by atoms with E-state index in [-0.39, 0.29) is 23.0 Å². The maximum Gasteiger partial charge on any atom is 0.302 e. The van der Waals surface area contributed by atoms with Crippen LogP contribution in [0.4, 0.5) is 5.95 Å². The van der Waals surface area contributed by atoms with E-state index in [0.717, 1.165) is 0 Å². The first-order valence-electron chi connectivity index (χ1n) is 10.2. The number of ketones is 1. The Morgan fingerprint density at radius 1 is 1.03 bits per heavy atom. The summed E-state index contributed by atoms with van der Waals surface area (Å²) in [4.78, 5) is 35.1. The summed E-state index contributed by atoms with van der Waals surface area (Å²) in [6, 6.07) is 19.0. The first kappa shape index (κ1) is 20.3. The van der Waals surface area contributed by atoms with Gasteiger partial charge in [0.05, 0.1) is 29.8 Å². The number of para-hydroxylation sites is 2. The number of aliphatic hydroxyl groups is 1. The van der Waals surface area contributed by atoms with Crippen molar-refractivity contribution in [3.05, 3.63) is 89.5 Å². The number of hydrogen-bond acceptors (Lipinski definition) is 6. The van der Waals surface area contributed by atoms with Crippen LogP contribution in [-0.2, 0) is 9.59 Å². The van der Waals surface area contributed by atoms with Gasteiger partial charge in [-0.1, -0.05) is 24.3 Å². The van der Waals surface area contributed by atoms with E-state index in [0.29, 0.717) is 27.9 Å². The van der Waals surface area contributed by atoms with Crippen LogP contribution >= 0.6 is 0 Å². The first-order chi connectivity index (χ1) is 16.0. The topological polar surface area (TPSA) is 116 Å². The number of phenols is 1. The normalized spacial score (nSPS) is 17.6. The number of nitrogens with one attached hydrogen (secondary N) is 1. The average Bonchev–Trinajstić information content (AvgIpc) is 3.37. The number of H-pyrrole nitrogens is 1. The van der Waals surface area contributed by atoms with Crippen LogP contribution in [0.1, 0.15) is 17.2 Å². The van der Waals surface area contributed by atoms with Gasteiger partial charge >= 0.3 is 5.91 Å². The molecule has 8 nitrogen and oxygen atoms in total. The van der Waals surface area contributed by atoms with E-state index in [1.54, 1.807) is 42.5 Å². The van der Waals surface area contributed by atoms with E-state index in [4.69, 9.17) is 4.74 Å². The molecule has 33 heavy (non-hydrogen) atoms. The highest BCUT2D eigenvalue weighted by molar-refractivity contribution is 6.51. The summed E-state index contributed by atoms with van der Waals surface area (Å²) in [6.07, 6.45) is 0. The van der Waals surface area contributed by atoms with Crippen molar-refractivity contribution in [2.24, 2.45) is 0 Å². The Bertz CT molecular complexity index is 1390. The number of aliphatic hydroxyl groups excluding tert-OH is 1. The summed E-state index contributed by atoms with van der Waals surface area (Å²) < 4.78 is 5.15. The van der Waals surface area contributed by atoms with Crippen LogP contribution in [0.25, 0.3) is 16.8 Å². The molecule has 1 aromatic heterocycles. The van der Waals surface area contributed by atoms with Crippen LogP contribution in [0.5, 0.6) is 11.5 Å². The van der Waals surface area contributed by atoms with Gasteiger partial charge in [0.1, 0.15) is 17.3 Å². The zero-order valence-corrected chi connectivity index (χ0v) is 17.5. The molecular weight excluding hydrogens is 422 g/mol. The Morgan fingerprint density at radius 3 is 2.48 bits per heavy atom. The standard InChI is InChI=1S/C25H19N3O5/c1-33-17-11-9-14(10-12-17)22(30)20-21(15-5-4-6-16(29)13-15)28(24(32)23(20)31)25-26-18-7-2-3-8-19(18)27-25/h2-13,21,29-30H,1H3,(H,26,27)/b22-20+. The van der Waals surface area contributed by atoms with Gasteiger partial charge < -0.3 is 19.9 Å². The van der Waals surface area contributed by atoms with Crippen molar-refractivity contribution < 1.29 is 24.5 Å². The number of carbonyl (C=O) groups is 2. The van der Waals surface area contributed by atoms with Crippen LogP contribution in [0.15, 0.2) is 78.4 Å². The van der Waals surface area contributed by atoms with Crippen LogP contribution < -0.4 is 9.64 Å². The fourth-order valence-electron chi connectivity index (χ4n) is 4.02. The second kappa shape index (κ2) is 7.83. The van der Waals surface area contributed by atoms with Crippen molar-refractivity contribution in [2.45, 2.75) is 6.04 Å². The van der Waals surface area contributed by atoms with Crippen molar-refractivity contribution >= 4 is 34.4 Å². The maximum atomic E-state index is 13.2. The molecule has 1 atom stereocenters. The van der Waals surface area contributed by atoms with Gasteiger partial charge in [-0.3, -0.25) is 14.5 Å². The lowest BCUT2D eigenvalue weighted by atomic mass is 9.95. The zero-order chi connectivity index (χ0) is 23.1. The summed E-state index contributed by atoms with van der Waals surface area (Å²) >= 11 is 0. The number of aromatic hydroxyl groups is 1. The van der Waals surface area contributed by atoms with E-state index < -0.39 is 17.7 Å². The number of imidazole rings is 1. The molecule has 1 amide bonds. The molecule has 3 N–H and O–H groups in total. The van der Waals surface area contributed by atoms with Crippen molar-refractivity contribution in [3.8, 4) is 11.5 Å². The van der Waals surface area contributed by atoms with Crippen LogP contribution in [0.3, 0.4) is 0 Å². The molecule has 1 saturated heterocycles. The minimum atomic E-state index is -1.00. The van der Waals surface area contributed by atoms with E-state index in [2.05, 4.69) is 9.97 Å². The second-order valence-corrected chi connectivity index (χ2v) is 7.57. The van der Waals surface area contributed by atoms with Crippen molar-refractivity contribution in [2.75, 3.05) is 12.0 Å². The van der Waals surface area contributed by atoms with E-state index in [1.807, 2.05) is 18.2 Å². The van der Waals surface area contributed by atoms with Crippen molar-refractivity contribution in [3.63, 3.8) is 0 Å². The van der Waals surface area contributed by atoms with E-state index in [1.165, 1.54) is 24.1 Å². The van der Waals surface area contributed by atoms with Gasteiger partial charge in [-0.15, -0.1) is 0 Å². The molecule has 1 aliphatic heterocycles. The number of methoxy groups -OCH3 is 1. The SMILES string of the molecule is COc1ccc(/C(O)=C2\C(=O)C(=O)N(c3nc4ccccc4[nH]3)C2c2cccc(O)c2)cc1. The van der Waals surface area contributed by atoms with Gasteiger partial charge in [-0.05, 0) is 54.1 Å². The second-order valence-electron chi connectivity index (χ2n) is 7.57. The van der Waals surface area contributed by atoms with Gasteiger partial charge in [0, 0.05) is 5.56 Å². The molecule has 164 valence electrons. The Hall–Kier alpha value is -4.59. The number of fused-ring (bicyclic) bond motifs is 1.